The van der Waals surface area contributed by atoms with E-state index in [-0.39, 0.29) is 17.5 Å². The monoisotopic (exact) mass is 440 g/mol. The van der Waals surface area contributed by atoms with Crippen LogP contribution in [0.5, 0.6) is 11.5 Å². The molecular weight excluding hydrogens is 400 g/mol. The Balaban J connectivity index is 2.01. The summed E-state index contributed by atoms with van der Waals surface area (Å²) in [6.07, 6.45) is 9.23. The Morgan fingerprint density at radius 3 is 1.84 bits per heavy atom. The molecule has 176 valence electrons. The van der Waals surface area contributed by atoms with E-state index < -0.39 is 5.41 Å². The van der Waals surface area contributed by atoms with Crippen LogP contribution in [0.1, 0.15) is 93.9 Å². The zero-order valence-electron chi connectivity index (χ0n) is 20.2. The number of phenolic OH excluding ortho intramolecular Hbond substituents is 2. The Morgan fingerprint density at radius 2 is 1.34 bits per heavy atom. The Kier molecular flexibility index (Phi) is 10.1. The number of carbonyl (C=O) groups excluding carboxylic acids is 1. The van der Waals surface area contributed by atoms with E-state index in [1.807, 2.05) is 38.1 Å². The minimum atomic E-state index is -0.449. The third-order valence-corrected chi connectivity index (χ3v) is 6.51. The first-order valence-electron chi connectivity index (χ1n) is 12.0. The molecule has 0 aliphatic heterocycles. The molecule has 4 heteroatoms. The summed E-state index contributed by atoms with van der Waals surface area (Å²) in [5, 5.41) is 19.9. The van der Waals surface area contributed by atoms with E-state index in [0.29, 0.717) is 19.4 Å². The van der Waals surface area contributed by atoms with E-state index in [0.717, 1.165) is 35.1 Å². The highest BCUT2D eigenvalue weighted by atomic mass is 16.5. The third kappa shape index (κ3) is 7.29. The molecule has 0 amide bonds. The molecule has 0 bridgehead atoms. The number of hydrogen-bond acceptors (Lipinski definition) is 4. The summed E-state index contributed by atoms with van der Waals surface area (Å²) in [6.45, 7) is 8.56. The van der Waals surface area contributed by atoms with Crippen LogP contribution in [-0.4, -0.2) is 22.8 Å². The molecule has 0 saturated carbocycles. The third-order valence-electron chi connectivity index (χ3n) is 6.51. The van der Waals surface area contributed by atoms with Gasteiger partial charge in [-0.2, -0.15) is 0 Å². The lowest BCUT2D eigenvalue weighted by atomic mass is 9.72. The molecule has 0 fully saturated rings. The fraction of sp³-hybridized carbons (Fsp3) is 0.536. The standard InChI is InChI=1S/C28H40O4/c1-5-6-7-8-9-10-11-18-32-27(31)16-17-28(4,23-12-14-25(29)21(2)19-23)24-13-15-26(30)22(3)20-24/h12-15,19-20,29-30H,5-11,16-18H2,1-4H3. The van der Waals surface area contributed by atoms with Gasteiger partial charge < -0.3 is 14.9 Å². The lowest BCUT2D eigenvalue weighted by Gasteiger charge is -2.32. The van der Waals surface area contributed by atoms with Gasteiger partial charge in [0.1, 0.15) is 11.5 Å². The number of esters is 1. The van der Waals surface area contributed by atoms with Crippen LogP contribution in [0.15, 0.2) is 36.4 Å². The first-order chi connectivity index (χ1) is 15.3. The topological polar surface area (TPSA) is 66.8 Å². The first-order valence-corrected chi connectivity index (χ1v) is 12.0. The van der Waals surface area contributed by atoms with Crippen LogP contribution in [-0.2, 0) is 14.9 Å². The second-order valence-corrected chi connectivity index (χ2v) is 9.18. The van der Waals surface area contributed by atoms with Crippen LogP contribution in [0, 0.1) is 13.8 Å². The Bertz CT molecular complexity index is 820. The van der Waals surface area contributed by atoms with Gasteiger partial charge in [0.25, 0.3) is 0 Å². The van der Waals surface area contributed by atoms with Crippen LogP contribution < -0.4 is 0 Å². The predicted octanol–water partition coefficient (Wildman–Crippen LogP) is 7.09. The number of benzene rings is 2. The summed E-state index contributed by atoms with van der Waals surface area (Å²) >= 11 is 0. The van der Waals surface area contributed by atoms with Crippen LogP contribution in [0.25, 0.3) is 0 Å². The minimum absolute atomic E-state index is 0.173. The average molecular weight is 441 g/mol. The maximum absolute atomic E-state index is 12.5. The van der Waals surface area contributed by atoms with E-state index in [1.54, 1.807) is 12.1 Å². The zero-order chi connectivity index (χ0) is 23.6. The number of ether oxygens (including phenoxy) is 1. The molecule has 0 atom stereocenters. The van der Waals surface area contributed by atoms with Crippen molar-refractivity contribution in [1.82, 2.24) is 0 Å². The van der Waals surface area contributed by atoms with Crippen molar-refractivity contribution in [2.75, 3.05) is 6.61 Å². The molecule has 0 spiro atoms. The second kappa shape index (κ2) is 12.5. The van der Waals surface area contributed by atoms with Crippen LogP contribution in [0.3, 0.4) is 0 Å². The number of rotatable bonds is 13. The predicted molar refractivity (Wildman–Crippen MR) is 130 cm³/mol. The number of aromatic hydroxyl groups is 2. The van der Waals surface area contributed by atoms with Gasteiger partial charge in [-0.3, -0.25) is 4.79 Å². The Labute approximate surface area is 193 Å². The highest BCUT2D eigenvalue weighted by Gasteiger charge is 2.31. The Morgan fingerprint density at radius 1 is 0.844 bits per heavy atom. The summed E-state index contributed by atoms with van der Waals surface area (Å²) in [5.74, 6) is 0.340. The first kappa shape index (κ1) is 25.8. The van der Waals surface area contributed by atoms with Gasteiger partial charge in [-0.05, 0) is 61.1 Å². The molecule has 0 aliphatic rings. The zero-order valence-corrected chi connectivity index (χ0v) is 20.2. The van der Waals surface area contributed by atoms with Crippen molar-refractivity contribution >= 4 is 5.97 Å². The van der Waals surface area contributed by atoms with Gasteiger partial charge >= 0.3 is 5.97 Å². The van der Waals surface area contributed by atoms with Crippen LogP contribution in [0.2, 0.25) is 0 Å². The number of hydrogen-bond donors (Lipinski definition) is 2. The van der Waals surface area contributed by atoms with Crippen molar-refractivity contribution in [3.8, 4) is 11.5 Å². The van der Waals surface area contributed by atoms with E-state index in [9.17, 15) is 15.0 Å². The molecule has 2 aromatic rings. The summed E-state index contributed by atoms with van der Waals surface area (Å²) in [4.78, 5) is 12.5. The summed E-state index contributed by atoms with van der Waals surface area (Å²) in [5.41, 5.74) is 3.20. The van der Waals surface area contributed by atoms with Gasteiger partial charge in [-0.25, -0.2) is 0 Å². The van der Waals surface area contributed by atoms with E-state index >= 15 is 0 Å². The quantitative estimate of drug-likeness (QED) is 0.258. The SMILES string of the molecule is CCCCCCCCCOC(=O)CCC(C)(c1ccc(O)c(C)c1)c1ccc(O)c(C)c1. The molecular formula is C28H40O4. The smallest absolute Gasteiger partial charge is 0.305 e. The van der Waals surface area contributed by atoms with Crippen molar-refractivity contribution in [2.45, 2.75) is 90.9 Å². The van der Waals surface area contributed by atoms with Gasteiger partial charge in [-0.15, -0.1) is 0 Å². The summed E-state index contributed by atoms with van der Waals surface area (Å²) in [7, 11) is 0. The van der Waals surface area contributed by atoms with Crippen molar-refractivity contribution in [1.29, 1.82) is 0 Å². The lowest BCUT2D eigenvalue weighted by molar-refractivity contribution is -0.144. The van der Waals surface area contributed by atoms with Gasteiger partial charge in [0.2, 0.25) is 0 Å². The van der Waals surface area contributed by atoms with E-state index in [2.05, 4.69) is 13.8 Å². The van der Waals surface area contributed by atoms with Gasteiger partial charge in [0, 0.05) is 11.8 Å². The molecule has 0 radical (unpaired) electrons. The highest BCUT2D eigenvalue weighted by Crippen LogP contribution is 2.39. The molecule has 2 aromatic carbocycles. The molecule has 0 aliphatic carbocycles. The molecule has 32 heavy (non-hydrogen) atoms. The van der Waals surface area contributed by atoms with Crippen LogP contribution in [0.4, 0.5) is 0 Å². The van der Waals surface area contributed by atoms with Crippen molar-refractivity contribution in [3.05, 3.63) is 58.7 Å². The minimum Gasteiger partial charge on any atom is -0.508 e. The number of aryl methyl sites for hydroxylation is 2. The van der Waals surface area contributed by atoms with Crippen molar-refractivity contribution in [2.24, 2.45) is 0 Å². The number of unbranched alkanes of at least 4 members (excludes halogenated alkanes) is 6. The molecule has 2 rings (SSSR count). The maximum atomic E-state index is 12.5. The molecule has 0 unspecified atom stereocenters. The normalized spacial score (nSPS) is 11.5. The lowest BCUT2D eigenvalue weighted by Crippen LogP contribution is -2.25. The highest BCUT2D eigenvalue weighted by molar-refractivity contribution is 5.69. The molecule has 0 aromatic heterocycles. The van der Waals surface area contributed by atoms with E-state index in [1.165, 1.54) is 32.1 Å². The van der Waals surface area contributed by atoms with E-state index in [4.69, 9.17) is 4.74 Å². The average Bonchev–Trinajstić information content (AvgIpc) is 2.77. The summed E-state index contributed by atoms with van der Waals surface area (Å²) < 4.78 is 5.50. The maximum Gasteiger partial charge on any atom is 0.305 e. The molecule has 4 nitrogen and oxygen atoms in total. The number of phenols is 2. The van der Waals surface area contributed by atoms with Gasteiger partial charge in [0.05, 0.1) is 6.61 Å². The largest absolute Gasteiger partial charge is 0.508 e. The van der Waals surface area contributed by atoms with Crippen molar-refractivity contribution in [3.63, 3.8) is 0 Å². The Hall–Kier alpha value is -2.49. The second-order valence-electron chi connectivity index (χ2n) is 9.18. The summed E-state index contributed by atoms with van der Waals surface area (Å²) in [6, 6.07) is 11.2. The molecule has 2 N–H and O–H groups in total. The van der Waals surface area contributed by atoms with Gasteiger partial charge in [0.15, 0.2) is 0 Å². The van der Waals surface area contributed by atoms with Crippen LogP contribution >= 0.6 is 0 Å². The number of carbonyl (C=O) groups is 1. The molecule has 0 saturated heterocycles. The fourth-order valence-electron chi connectivity index (χ4n) is 4.12. The van der Waals surface area contributed by atoms with Gasteiger partial charge in [-0.1, -0.05) is 76.6 Å². The molecule has 0 heterocycles. The fourth-order valence-corrected chi connectivity index (χ4v) is 4.12. The van der Waals surface area contributed by atoms with Crippen molar-refractivity contribution < 1.29 is 19.7 Å².